The number of rotatable bonds is 6. The molecular weight excluding hydrogens is 442 g/mol. The van der Waals surface area contributed by atoms with E-state index in [1.54, 1.807) is 55.5 Å². The van der Waals surface area contributed by atoms with Gasteiger partial charge in [-0.25, -0.2) is 8.42 Å². The molecule has 3 rings (SSSR count). The smallest absolute Gasteiger partial charge is 0.253 e. The lowest BCUT2D eigenvalue weighted by Crippen LogP contribution is -2.50. The van der Waals surface area contributed by atoms with Crippen LogP contribution in [0.1, 0.15) is 36.7 Å². The van der Waals surface area contributed by atoms with Gasteiger partial charge in [-0.2, -0.15) is 4.31 Å². The first kappa shape index (κ1) is 24.9. The first-order chi connectivity index (χ1) is 15.7. The molecule has 0 saturated carbocycles. The fourth-order valence-corrected chi connectivity index (χ4v) is 5.65. The molecule has 1 aromatic carbocycles. The number of aliphatic hydroxyl groups excluding tert-OH is 1. The Labute approximate surface area is 195 Å². The lowest BCUT2D eigenvalue weighted by molar-refractivity contribution is 0.0563. The highest BCUT2D eigenvalue weighted by Gasteiger charge is 2.38. The van der Waals surface area contributed by atoms with Crippen LogP contribution in [-0.4, -0.2) is 72.5 Å². The molecule has 0 aliphatic carbocycles. The Morgan fingerprint density at radius 2 is 2.03 bits per heavy atom. The summed E-state index contributed by atoms with van der Waals surface area (Å²) in [5, 5.41) is 9.74. The number of aromatic nitrogens is 1. The van der Waals surface area contributed by atoms with Crippen molar-refractivity contribution in [2.24, 2.45) is 5.92 Å². The minimum Gasteiger partial charge on any atom is -0.487 e. The Morgan fingerprint density at radius 3 is 2.67 bits per heavy atom. The molecule has 3 atom stereocenters. The van der Waals surface area contributed by atoms with E-state index in [4.69, 9.17) is 4.74 Å². The summed E-state index contributed by atoms with van der Waals surface area (Å²) in [5.41, 5.74) is 1.32. The first-order valence-electron chi connectivity index (χ1n) is 10.9. The van der Waals surface area contributed by atoms with Gasteiger partial charge in [0.1, 0.15) is 16.7 Å². The molecule has 1 aromatic heterocycles. The summed E-state index contributed by atoms with van der Waals surface area (Å²) >= 11 is 0. The molecule has 0 saturated heterocycles. The van der Waals surface area contributed by atoms with Crippen molar-refractivity contribution in [3.05, 3.63) is 59.9 Å². The van der Waals surface area contributed by atoms with Gasteiger partial charge < -0.3 is 14.7 Å². The Morgan fingerprint density at radius 1 is 1.33 bits per heavy atom. The SMILES string of the molecule is C/C=C/c1ccc2c(c1)O[C@@H](CN(C)C(=O)c1ccncc1)[C@H](C)CN([C@H](C)CO)S2(=O)=O. The number of hydrogen-bond donors (Lipinski definition) is 1. The third-order valence-electron chi connectivity index (χ3n) is 5.78. The van der Waals surface area contributed by atoms with Crippen LogP contribution in [0, 0.1) is 5.92 Å². The van der Waals surface area contributed by atoms with E-state index in [-0.39, 0.29) is 42.2 Å². The Bertz CT molecular complexity index is 1100. The summed E-state index contributed by atoms with van der Waals surface area (Å²) in [6.45, 7) is 5.56. The molecule has 0 radical (unpaired) electrons. The van der Waals surface area contributed by atoms with Crippen LogP contribution in [0.25, 0.3) is 6.08 Å². The lowest BCUT2D eigenvalue weighted by Gasteiger charge is -2.37. The number of aliphatic hydroxyl groups is 1. The number of amides is 1. The van der Waals surface area contributed by atoms with Crippen molar-refractivity contribution in [1.82, 2.24) is 14.2 Å². The molecule has 1 aliphatic heterocycles. The number of benzene rings is 1. The van der Waals surface area contributed by atoms with Crippen LogP contribution in [0.15, 0.2) is 53.7 Å². The van der Waals surface area contributed by atoms with Crippen molar-refractivity contribution in [2.75, 3.05) is 26.7 Å². The topological polar surface area (TPSA) is 100 Å². The number of carbonyl (C=O) groups is 1. The predicted molar refractivity (Wildman–Crippen MR) is 126 cm³/mol. The molecule has 8 nitrogen and oxygen atoms in total. The van der Waals surface area contributed by atoms with E-state index in [2.05, 4.69) is 4.98 Å². The zero-order valence-corrected chi connectivity index (χ0v) is 20.2. The number of likely N-dealkylation sites (N-methyl/N-ethyl adjacent to an activating group) is 1. The van der Waals surface area contributed by atoms with Gasteiger partial charge in [-0.15, -0.1) is 0 Å². The van der Waals surface area contributed by atoms with Gasteiger partial charge in [0.25, 0.3) is 5.91 Å². The average Bonchev–Trinajstić information content (AvgIpc) is 2.81. The fourth-order valence-electron chi connectivity index (χ4n) is 3.82. The van der Waals surface area contributed by atoms with Crippen LogP contribution in [0.2, 0.25) is 0 Å². The minimum absolute atomic E-state index is 0.0519. The predicted octanol–water partition coefficient (Wildman–Crippen LogP) is 2.66. The van der Waals surface area contributed by atoms with Crippen molar-refractivity contribution in [3.63, 3.8) is 0 Å². The summed E-state index contributed by atoms with van der Waals surface area (Å²) < 4.78 is 34.5. The summed E-state index contributed by atoms with van der Waals surface area (Å²) in [5.74, 6) is -0.187. The molecule has 2 aromatic rings. The van der Waals surface area contributed by atoms with Gasteiger partial charge in [0, 0.05) is 43.5 Å². The fraction of sp³-hybridized carbons (Fsp3) is 0.417. The lowest BCUT2D eigenvalue weighted by atomic mass is 10.0. The number of carbonyl (C=O) groups excluding carboxylic acids is 1. The second kappa shape index (κ2) is 10.5. The van der Waals surface area contributed by atoms with Gasteiger partial charge in [-0.3, -0.25) is 9.78 Å². The quantitative estimate of drug-likeness (QED) is 0.692. The zero-order valence-electron chi connectivity index (χ0n) is 19.4. The van der Waals surface area contributed by atoms with Crippen molar-refractivity contribution >= 4 is 22.0 Å². The molecule has 1 aliphatic rings. The van der Waals surface area contributed by atoms with Crippen LogP contribution in [-0.2, 0) is 10.0 Å². The molecule has 0 unspecified atom stereocenters. The molecule has 178 valence electrons. The van der Waals surface area contributed by atoms with E-state index >= 15 is 0 Å². The minimum atomic E-state index is -3.89. The molecule has 0 bridgehead atoms. The van der Waals surface area contributed by atoms with Gasteiger partial charge >= 0.3 is 0 Å². The third-order valence-corrected chi connectivity index (χ3v) is 7.80. The number of fused-ring (bicyclic) bond motifs is 1. The Kier molecular flexibility index (Phi) is 7.88. The highest BCUT2D eigenvalue weighted by atomic mass is 32.2. The van der Waals surface area contributed by atoms with Gasteiger partial charge in [-0.1, -0.05) is 25.1 Å². The van der Waals surface area contributed by atoms with Gasteiger partial charge in [-0.05, 0) is 43.7 Å². The van der Waals surface area contributed by atoms with E-state index in [1.807, 2.05) is 26.0 Å². The summed E-state index contributed by atoms with van der Waals surface area (Å²) in [4.78, 5) is 18.5. The maximum Gasteiger partial charge on any atom is 0.253 e. The van der Waals surface area contributed by atoms with Crippen LogP contribution < -0.4 is 4.74 Å². The highest BCUT2D eigenvalue weighted by Crippen LogP contribution is 2.34. The average molecular weight is 474 g/mol. The number of nitrogens with zero attached hydrogens (tertiary/aromatic N) is 3. The Hall–Kier alpha value is -2.75. The molecule has 2 heterocycles. The molecular formula is C24H31N3O5S. The van der Waals surface area contributed by atoms with Gasteiger partial charge in [0.15, 0.2) is 0 Å². The van der Waals surface area contributed by atoms with E-state index in [1.165, 1.54) is 10.4 Å². The summed E-state index contributed by atoms with van der Waals surface area (Å²) in [6.07, 6.45) is 6.38. The number of sulfonamides is 1. The summed E-state index contributed by atoms with van der Waals surface area (Å²) in [7, 11) is -2.20. The third kappa shape index (κ3) is 5.43. The molecule has 9 heteroatoms. The van der Waals surface area contributed by atoms with Crippen molar-refractivity contribution in [1.29, 1.82) is 0 Å². The molecule has 33 heavy (non-hydrogen) atoms. The highest BCUT2D eigenvalue weighted by molar-refractivity contribution is 7.89. The molecule has 1 N–H and O–H groups in total. The maximum atomic E-state index is 13.5. The van der Waals surface area contributed by atoms with Crippen LogP contribution >= 0.6 is 0 Å². The normalized spacial score (nSPS) is 21.5. The van der Waals surface area contributed by atoms with E-state index in [9.17, 15) is 18.3 Å². The zero-order chi connectivity index (χ0) is 24.2. The monoisotopic (exact) mass is 473 g/mol. The van der Waals surface area contributed by atoms with Crippen molar-refractivity contribution in [2.45, 2.75) is 37.8 Å². The number of pyridine rings is 1. The van der Waals surface area contributed by atoms with E-state index in [0.29, 0.717) is 5.56 Å². The second-order valence-corrected chi connectivity index (χ2v) is 10.2. The van der Waals surface area contributed by atoms with Crippen molar-refractivity contribution < 1.29 is 23.1 Å². The van der Waals surface area contributed by atoms with Crippen LogP contribution in [0.3, 0.4) is 0 Å². The van der Waals surface area contributed by atoms with Crippen LogP contribution in [0.4, 0.5) is 0 Å². The standard InChI is InChI=1S/C24H31N3O5S/c1-5-6-19-7-8-23-21(13-19)32-22(15-26(4)24(29)20-9-11-25-12-10-20)17(2)14-27(18(3)16-28)33(23,30)31/h5-13,17-18,22,28H,14-16H2,1-4H3/b6-5+/t17-,18-,22+/m1/s1. The largest absolute Gasteiger partial charge is 0.487 e. The number of ether oxygens (including phenoxy) is 1. The Balaban J connectivity index is 2.01. The molecule has 1 amide bonds. The van der Waals surface area contributed by atoms with Gasteiger partial charge in [0.05, 0.1) is 13.2 Å². The van der Waals surface area contributed by atoms with E-state index in [0.717, 1.165) is 5.56 Å². The number of hydrogen-bond acceptors (Lipinski definition) is 6. The first-order valence-corrected chi connectivity index (χ1v) is 12.3. The second-order valence-electron chi connectivity index (χ2n) is 8.37. The number of allylic oxidation sites excluding steroid dienone is 1. The molecule has 0 fully saturated rings. The van der Waals surface area contributed by atoms with Gasteiger partial charge in [0.2, 0.25) is 10.0 Å². The van der Waals surface area contributed by atoms with E-state index < -0.39 is 22.2 Å². The van der Waals surface area contributed by atoms with Crippen LogP contribution in [0.5, 0.6) is 5.75 Å². The summed E-state index contributed by atoms with van der Waals surface area (Å²) in [6, 6.07) is 7.66. The maximum absolute atomic E-state index is 13.5. The molecule has 0 spiro atoms. The van der Waals surface area contributed by atoms with Crippen molar-refractivity contribution in [3.8, 4) is 5.75 Å².